The lowest BCUT2D eigenvalue weighted by molar-refractivity contribution is -0.142. The number of benzene rings is 2. The van der Waals surface area contributed by atoms with Crippen LogP contribution in [0.5, 0.6) is 5.75 Å². The molecule has 0 spiro atoms. The van der Waals surface area contributed by atoms with Crippen molar-refractivity contribution in [2.45, 2.75) is 57.8 Å². The van der Waals surface area contributed by atoms with E-state index in [0.717, 1.165) is 11.8 Å². The first-order chi connectivity index (χ1) is 19.7. The van der Waals surface area contributed by atoms with Crippen molar-refractivity contribution in [3.05, 3.63) is 65.7 Å². The van der Waals surface area contributed by atoms with E-state index in [9.17, 15) is 27.9 Å². The highest BCUT2D eigenvalue weighted by Gasteiger charge is 2.46. The van der Waals surface area contributed by atoms with Crippen LogP contribution in [0, 0.1) is 17.8 Å². The van der Waals surface area contributed by atoms with Crippen LogP contribution in [0.25, 0.3) is 0 Å². The quantitative estimate of drug-likeness (QED) is 0.288. The van der Waals surface area contributed by atoms with Crippen LogP contribution in [0.15, 0.2) is 54.6 Å². The van der Waals surface area contributed by atoms with E-state index in [1.807, 2.05) is 0 Å². The summed E-state index contributed by atoms with van der Waals surface area (Å²) in [5.41, 5.74) is 0.513. The number of aliphatic hydroxyl groups is 1. The third-order valence-electron chi connectivity index (χ3n) is 7.18. The number of aliphatic hydroxyl groups excluding tert-OH is 1. The maximum atomic E-state index is 14.0. The van der Waals surface area contributed by atoms with Crippen molar-refractivity contribution in [2.24, 2.45) is 5.41 Å². The van der Waals surface area contributed by atoms with Crippen LogP contribution in [-0.2, 0) is 19.6 Å². The normalized spacial score (nSPS) is 18.4. The summed E-state index contributed by atoms with van der Waals surface area (Å²) in [6.45, 7) is 5.08. The number of ether oxygens (including phenoxy) is 1. The molecule has 226 valence electrons. The average Bonchev–Trinajstić information content (AvgIpc) is 3.32. The van der Waals surface area contributed by atoms with Crippen LogP contribution >= 0.6 is 0 Å². The molecule has 1 heterocycles. The fraction of sp³-hybridized carbons (Fsp3) is 0.433. The zero-order valence-corrected chi connectivity index (χ0v) is 25.0. The van der Waals surface area contributed by atoms with E-state index in [1.54, 1.807) is 75.4 Å². The number of rotatable bonds is 11. The van der Waals surface area contributed by atoms with Gasteiger partial charge in [-0.25, -0.2) is 17.9 Å². The summed E-state index contributed by atoms with van der Waals surface area (Å²) in [6, 6.07) is 12.8. The largest absolute Gasteiger partial charge is 0.413 e. The molecule has 1 aliphatic heterocycles. The first kappa shape index (κ1) is 32.6. The summed E-state index contributed by atoms with van der Waals surface area (Å²) in [4.78, 5) is 41.6. The molecule has 0 unspecified atom stereocenters. The fourth-order valence-corrected chi connectivity index (χ4v) is 5.24. The number of carbonyl (C=O) groups excluding carboxylic acids is 3. The second-order valence-electron chi connectivity index (χ2n) is 11.1. The van der Waals surface area contributed by atoms with Crippen molar-refractivity contribution in [3.63, 3.8) is 0 Å². The Morgan fingerprint density at radius 2 is 1.76 bits per heavy atom. The molecular weight excluding hydrogens is 560 g/mol. The van der Waals surface area contributed by atoms with Gasteiger partial charge in [0.05, 0.1) is 18.4 Å². The topological polar surface area (TPSA) is 154 Å². The molecule has 42 heavy (non-hydrogen) atoms. The summed E-state index contributed by atoms with van der Waals surface area (Å²) in [5.74, 6) is 1.73. The maximum Gasteiger partial charge on any atom is 0.413 e. The van der Waals surface area contributed by atoms with Gasteiger partial charge in [0.2, 0.25) is 21.8 Å². The number of likely N-dealkylation sites (tertiary alicyclic amines) is 1. The Balaban J connectivity index is 1.82. The second kappa shape index (κ2) is 13.8. The SMILES string of the molecule is C#Cc1ccc([C@H](C)NC(=O)[C@@H]2C[C@@H](O)CN2C(=O)[C@H](NC(=O)Oc2ccccc2)C(C)(C)CCNS(C)(=O)=O)cc1. The Bertz CT molecular complexity index is 1410. The van der Waals surface area contributed by atoms with E-state index in [-0.39, 0.29) is 31.7 Å². The lowest BCUT2D eigenvalue weighted by Crippen LogP contribution is -2.59. The minimum absolute atomic E-state index is 0.00749. The lowest BCUT2D eigenvalue weighted by Gasteiger charge is -2.37. The molecule has 0 bridgehead atoms. The van der Waals surface area contributed by atoms with Gasteiger partial charge in [0.1, 0.15) is 17.8 Å². The van der Waals surface area contributed by atoms with Crippen molar-refractivity contribution >= 4 is 27.9 Å². The molecular formula is C30H38N4O7S. The maximum absolute atomic E-state index is 14.0. The van der Waals surface area contributed by atoms with Crippen molar-refractivity contribution < 1.29 is 32.6 Å². The number of nitrogens with zero attached hydrogens (tertiary/aromatic N) is 1. The Morgan fingerprint density at radius 3 is 2.36 bits per heavy atom. The lowest BCUT2D eigenvalue weighted by atomic mass is 9.80. The smallest absolute Gasteiger partial charge is 0.410 e. The van der Waals surface area contributed by atoms with E-state index >= 15 is 0 Å². The van der Waals surface area contributed by atoms with Crippen LogP contribution in [0.4, 0.5) is 4.79 Å². The van der Waals surface area contributed by atoms with Gasteiger partial charge in [-0.3, -0.25) is 9.59 Å². The van der Waals surface area contributed by atoms with E-state index in [4.69, 9.17) is 11.2 Å². The zero-order chi connectivity index (χ0) is 31.1. The van der Waals surface area contributed by atoms with E-state index in [2.05, 4.69) is 21.3 Å². The van der Waals surface area contributed by atoms with Gasteiger partial charge in [0, 0.05) is 25.1 Å². The molecule has 0 radical (unpaired) electrons. The first-order valence-corrected chi connectivity index (χ1v) is 15.4. The van der Waals surface area contributed by atoms with Crippen LogP contribution in [0.1, 0.15) is 50.8 Å². The molecule has 12 heteroatoms. The molecule has 1 aliphatic rings. The van der Waals surface area contributed by atoms with Gasteiger partial charge in [0.15, 0.2) is 0 Å². The fourth-order valence-electron chi connectivity index (χ4n) is 4.77. The molecule has 3 amide bonds. The zero-order valence-electron chi connectivity index (χ0n) is 24.2. The molecule has 2 aromatic rings. The molecule has 1 saturated heterocycles. The number of amides is 3. The van der Waals surface area contributed by atoms with Gasteiger partial charge in [0.25, 0.3) is 0 Å². The second-order valence-corrected chi connectivity index (χ2v) is 12.9. The van der Waals surface area contributed by atoms with Crippen LogP contribution < -0.4 is 20.1 Å². The molecule has 4 atom stereocenters. The first-order valence-electron chi connectivity index (χ1n) is 13.5. The van der Waals surface area contributed by atoms with E-state index in [0.29, 0.717) is 5.56 Å². The summed E-state index contributed by atoms with van der Waals surface area (Å²) < 4.78 is 31.0. The third-order valence-corrected chi connectivity index (χ3v) is 7.91. The van der Waals surface area contributed by atoms with Crippen LogP contribution in [0.3, 0.4) is 0 Å². The molecule has 0 aromatic heterocycles. The van der Waals surface area contributed by atoms with Crippen LogP contribution in [0.2, 0.25) is 0 Å². The number of sulfonamides is 1. The third kappa shape index (κ3) is 9.04. The highest BCUT2D eigenvalue weighted by Crippen LogP contribution is 2.30. The number of hydrogen-bond donors (Lipinski definition) is 4. The summed E-state index contributed by atoms with van der Waals surface area (Å²) in [7, 11) is -3.49. The van der Waals surface area contributed by atoms with Gasteiger partial charge in [-0.05, 0) is 48.6 Å². The van der Waals surface area contributed by atoms with Crippen molar-refractivity contribution in [3.8, 4) is 18.1 Å². The predicted octanol–water partition coefficient (Wildman–Crippen LogP) is 1.93. The molecule has 0 aliphatic carbocycles. The van der Waals surface area contributed by atoms with Crippen molar-refractivity contribution in [1.29, 1.82) is 0 Å². The summed E-state index contributed by atoms with van der Waals surface area (Å²) in [5, 5.41) is 16.0. The Hall–Kier alpha value is -3.92. The van der Waals surface area contributed by atoms with Crippen LogP contribution in [-0.4, -0.2) is 73.9 Å². The summed E-state index contributed by atoms with van der Waals surface area (Å²) in [6.07, 6.45) is 4.77. The standard InChI is InChI=1S/C30H38N4O7S/c1-6-21-12-14-22(15-13-21)20(2)32-27(36)25-18-23(35)19-34(25)28(37)26(30(3,4)16-17-31-42(5,39)40)33-29(38)41-24-10-8-7-9-11-24/h1,7-15,20,23,25-26,31,35H,16-19H2,2-5H3,(H,32,36)(H,33,38)/t20-,23+,25-,26-/m0/s1. The Kier molecular flexibility index (Phi) is 10.7. The average molecular weight is 599 g/mol. The van der Waals surface area contributed by atoms with Crippen molar-refractivity contribution in [1.82, 2.24) is 20.3 Å². The minimum atomic E-state index is -3.49. The molecule has 2 aromatic carbocycles. The molecule has 0 saturated carbocycles. The number of terminal acetylenes is 1. The number of β-amino-alcohol motifs (C(OH)–C–C–N with tert-alkyl or cyclic N) is 1. The van der Waals surface area contributed by atoms with Gasteiger partial charge in [-0.2, -0.15) is 0 Å². The number of hydrogen-bond acceptors (Lipinski definition) is 7. The molecule has 11 nitrogen and oxygen atoms in total. The van der Waals surface area contributed by atoms with Gasteiger partial charge in [-0.1, -0.05) is 50.1 Å². The van der Waals surface area contributed by atoms with Gasteiger partial charge in [-0.15, -0.1) is 6.42 Å². The number of nitrogens with one attached hydrogen (secondary N) is 3. The Labute approximate surface area is 247 Å². The highest BCUT2D eigenvalue weighted by atomic mass is 32.2. The van der Waals surface area contributed by atoms with Crippen molar-refractivity contribution in [2.75, 3.05) is 19.3 Å². The number of carbonyl (C=O) groups is 3. The highest BCUT2D eigenvalue weighted by molar-refractivity contribution is 7.88. The predicted molar refractivity (Wildman–Crippen MR) is 158 cm³/mol. The van der Waals surface area contributed by atoms with E-state index in [1.165, 1.54) is 4.90 Å². The van der Waals surface area contributed by atoms with E-state index < -0.39 is 57.6 Å². The Morgan fingerprint density at radius 1 is 1.12 bits per heavy atom. The summed E-state index contributed by atoms with van der Waals surface area (Å²) >= 11 is 0. The molecule has 4 N–H and O–H groups in total. The van der Waals surface area contributed by atoms with Gasteiger partial charge < -0.3 is 25.4 Å². The van der Waals surface area contributed by atoms with Gasteiger partial charge >= 0.3 is 6.09 Å². The minimum Gasteiger partial charge on any atom is -0.410 e. The number of para-hydroxylation sites is 1. The molecule has 3 rings (SSSR count). The molecule has 1 fully saturated rings. The monoisotopic (exact) mass is 598 g/mol.